The van der Waals surface area contributed by atoms with Gasteiger partial charge >= 0.3 is 0 Å². The van der Waals surface area contributed by atoms with Gasteiger partial charge in [0.2, 0.25) is 0 Å². The minimum atomic E-state index is -0.511. The number of aliphatic hydroxyl groups excluding tert-OH is 1. The van der Waals surface area contributed by atoms with Gasteiger partial charge in [-0.05, 0) is 30.2 Å². The van der Waals surface area contributed by atoms with E-state index in [4.69, 9.17) is 4.74 Å². The van der Waals surface area contributed by atoms with E-state index in [0.29, 0.717) is 29.0 Å². The summed E-state index contributed by atoms with van der Waals surface area (Å²) in [6.45, 7) is 8.35. The normalized spacial score (nSPS) is 32.2. The van der Waals surface area contributed by atoms with E-state index in [9.17, 15) is 9.50 Å². The minimum Gasteiger partial charge on any atom is -0.385 e. The predicted octanol–water partition coefficient (Wildman–Crippen LogP) is 2.48. The second kappa shape index (κ2) is 6.74. The van der Waals surface area contributed by atoms with Crippen molar-refractivity contribution in [3.8, 4) is 0 Å². The van der Waals surface area contributed by atoms with Gasteiger partial charge in [0.25, 0.3) is 0 Å². The zero-order chi connectivity index (χ0) is 17.4. The molecular formula is C20H31FNO2+. The molecule has 3 N–H and O–H groups in total. The lowest BCUT2D eigenvalue weighted by atomic mass is 9.69. The van der Waals surface area contributed by atoms with Crippen molar-refractivity contribution in [3.63, 3.8) is 0 Å². The molecule has 2 bridgehead atoms. The molecular weight excluding hydrogens is 305 g/mol. The first-order chi connectivity index (χ1) is 11.3. The van der Waals surface area contributed by atoms with Gasteiger partial charge < -0.3 is 15.2 Å². The Morgan fingerprint density at radius 2 is 2.08 bits per heavy atom. The molecule has 3 nitrogen and oxygen atoms in total. The van der Waals surface area contributed by atoms with Gasteiger partial charge in [-0.3, -0.25) is 0 Å². The molecule has 2 saturated carbocycles. The summed E-state index contributed by atoms with van der Waals surface area (Å²) in [4.78, 5) is 0. The summed E-state index contributed by atoms with van der Waals surface area (Å²) in [5, 5.41) is 12.5. The van der Waals surface area contributed by atoms with Gasteiger partial charge in [-0.25, -0.2) is 4.39 Å². The predicted molar refractivity (Wildman–Crippen MR) is 91.9 cm³/mol. The summed E-state index contributed by atoms with van der Waals surface area (Å²) < 4.78 is 19.0. The number of halogens is 1. The number of quaternary nitrogens is 1. The van der Waals surface area contributed by atoms with Crippen molar-refractivity contribution in [2.45, 2.75) is 58.8 Å². The van der Waals surface area contributed by atoms with Gasteiger partial charge in [0.1, 0.15) is 18.5 Å². The van der Waals surface area contributed by atoms with Crippen molar-refractivity contribution < 1.29 is 19.6 Å². The number of benzene rings is 1. The van der Waals surface area contributed by atoms with Gasteiger partial charge in [-0.2, -0.15) is 0 Å². The Morgan fingerprint density at radius 3 is 2.71 bits per heavy atom. The SMILES string of the molecule is CC1(C)[C@H]2CC[C@@]1(C)[C@H]([NH2+]C[C@H](O)COCc1ccccc1F)C2. The van der Waals surface area contributed by atoms with Crippen LogP contribution in [0.3, 0.4) is 0 Å². The van der Waals surface area contributed by atoms with Crippen LogP contribution in [0.4, 0.5) is 4.39 Å². The Hall–Kier alpha value is -0.970. The van der Waals surface area contributed by atoms with Crippen molar-refractivity contribution >= 4 is 0 Å². The number of rotatable bonds is 7. The molecule has 0 aromatic heterocycles. The van der Waals surface area contributed by atoms with E-state index in [0.717, 1.165) is 5.92 Å². The van der Waals surface area contributed by atoms with Crippen molar-refractivity contribution in [1.29, 1.82) is 0 Å². The molecule has 2 aliphatic carbocycles. The number of aliphatic hydroxyl groups is 1. The molecule has 0 unspecified atom stereocenters. The van der Waals surface area contributed by atoms with Crippen molar-refractivity contribution in [2.75, 3.05) is 13.2 Å². The lowest BCUT2D eigenvalue weighted by Crippen LogP contribution is -2.94. The molecule has 1 aromatic rings. The molecule has 0 radical (unpaired) electrons. The molecule has 24 heavy (non-hydrogen) atoms. The summed E-state index contributed by atoms with van der Waals surface area (Å²) in [6.07, 6.45) is 3.39. The lowest BCUT2D eigenvalue weighted by Gasteiger charge is -2.37. The van der Waals surface area contributed by atoms with Gasteiger partial charge in [0, 0.05) is 17.4 Å². The Labute approximate surface area is 144 Å². The molecule has 4 atom stereocenters. The summed E-state index contributed by atoms with van der Waals surface area (Å²) in [7, 11) is 0. The van der Waals surface area contributed by atoms with Crippen LogP contribution in [0.2, 0.25) is 0 Å². The standard InChI is InChI=1S/C20H30FNO2/c1-19(2)15-8-9-20(19,3)18(10-15)22-11-16(23)13-24-12-14-6-4-5-7-17(14)21/h4-7,15-16,18,22-23H,8-13H2,1-3H3/p+1/t15-,16-,18+,20-/m0/s1. The van der Waals surface area contributed by atoms with Gasteiger partial charge in [0.15, 0.2) is 0 Å². The Balaban J connectivity index is 1.42. The molecule has 4 heteroatoms. The number of nitrogens with two attached hydrogens (primary N) is 1. The zero-order valence-electron chi connectivity index (χ0n) is 15.1. The number of hydrogen-bond acceptors (Lipinski definition) is 2. The molecule has 3 rings (SSSR count). The van der Waals surface area contributed by atoms with Crippen LogP contribution in [0.15, 0.2) is 24.3 Å². The van der Waals surface area contributed by atoms with Crippen LogP contribution >= 0.6 is 0 Å². The molecule has 2 aliphatic rings. The summed E-state index contributed by atoms with van der Waals surface area (Å²) in [5.74, 6) is 0.564. The fraction of sp³-hybridized carbons (Fsp3) is 0.700. The van der Waals surface area contributed by atoms with Crippen LogP contribution in [0, 0.1) is 22.6 Å². The highest BCUT2D eigenvalue weighted by Gasteiger charge is 2.63. The van der Waals surface area contributed by atoms with Crippen molar-refractivity contribution in [1.82, 2.24) is 0 Å². The first-order valence-electron chi connectivity index (χ1n) is 9.17. The number of fused-ring (bicyclic) bond motifs is 2. The summed E-state index contributed by atoms with van der Waals surface area (Å²) >= 11 is 0. The van der Waals surface area contributed by atoms with Crippen molar-refractivity contribution in [2.24, 2.45) is 16.7 Å². The molecule has 0 aliphatic heterocycles. The average Bonchev–Trinajstić information content (AvgIpc) is 2.88. The van der Waals surface area contributed by atoms with Gasteiger partial charge in [0.05, 0.1) is 19.3 Å². The van der Waals surface area contributed by atoms with Crippen LogP contribution in [-0.4, -0.2) is 30.4 Å². The highest BCUT2D eigenvalue weighted by atomic mass is 19.1. The van der Waals surface area contributed by atoms with Crippen LogP contribution in [-0.2, 0) is 11.3 Å². The number of hydrogen-bond donors (Lipinski definition) is 2. The smallest absolute Gasteiger partial charge is 0.128 e. The van der Waals surface area contributed by atoms with Gasteiger partial charge in [-0.15, -0.1) is 0 Å². The third-order valence-corrected chi connectivity index (χ3v) is 7.08. The molecule has 0 heterocycles. The Kier molecular flexibility index (Phi) is 5.01. The van der Waals surface area contributed by atoms with E-state index in [1.165, 1.54) is 25.3 Å². The average molecular weight is 336 g/mol. The molecule has 2 fully saturated rings. The first kappa shape index (κ1) is 17.8. The molecule has 0 spiro atoms. The monoisotopic (exact) mass is 336 g/mol. The first-order valence-corrected chi connectivity index (χ1v) is 9.17. The van der Waals surface area contributed by atoms with E-state index in [-0.39, 0.29) is 19.0 Å². The quantitative estimate of drug-likeness (QED) is 0.803. The second-order valence-corrected chi connectivity index (χ2v) is 8.45. The molecule has 0 saturated heterocycles. The highest BCUT2D eigenvalue weighted by Crippen LogP contribution is 2.64. The molecule has 0 amide bonds. The summed E-state index contributed by atoms with van der Waals surface area (Å²) in [6, 6.07) is 7.20. The highest BCUT2D eigenvalue weighted by molar-refractivity contribution is 5.16. The van der Waals surface area contributed by atoms with E-state index >= 15 is 0 Å². The van der Waals surface area contributed by atoms with Crippen molar-refractivity contribution in [3.05, 3.63) is 35.6 Å². The largest absolute Gasteiger partial charge is 0.385 e. The maximum Gasteiger partial charge on any atom is 0.128 e. The third-order valence-electron chi connectivity index (χ3n) is 7.08. The molecule has 1 aromatic carbocycles. The topological polar surface area (TPSA) is 46.1 Å². The molecule has 134 valence electrons. The van der Waals surface area contributed by atoms with Crippen LogP contribution in [0.1, 0.15) is 45.6 Å². The Bertz CT molecular complexity index is 577. The fourth-order valence-corrected chi connectivity index (χ4v) is 4.93. The van der Waals surface area contributed by atoms with Crippen LogP contribution < -0.4 is 5.32 Å². The fourth-order valence-electron chi connectivity index (χ4n) is 4.93. The third kappa shape index (κ3) is 3.12. The zero-order valence-corrected chi connectivity index (χ0v) is 15.1. The maximum atomic E-state index is 13.5. The summed E-state index contributed by atoms with van der Waals surface area (Å²) in [5.41, 5.74) is 1.31. The van der Waals surface area contributed by atoms with Crippen LogP contribution in [0.5, 0.6) is 0 Å². The maximum absolute atomic E-state index is 13.5. The van der Waals surface area contributed by atoms with E-state index in [1.54, 1.807) is 18.2 Å². The van der Waals surface area contributed by atoms with E-state index in [1.807, 2.05) is 0 Å². The Morgan fingerprint density at radius 1 is 1.33 bits per heavy atom. The van der Waals surface area contributed by atoms with E-state index < -0.39 is 6.10 Å². The van der Waals surface area contributed by atoms with E-state index in [2.05, 4.69) is 26.1 Å². The lowest BCUT2D eigenvalue weighted by molar-refractivity contribution is -0.707. The second-order valence-electron chi connectivity index (χ2n) is 8.45. The minimum absolute atomic E-state index is 0.208. The number of ether oxygens (including phenoxy) is 1. The van der Waals surface area contributed by atoms with Gasteiger partial charge in [-0.1, -0.05) is 39.0 Å². The van der Waals surface area contributed by atoms with Crippen LogP contribution in [0.25, 0.3) is 0 Å².